The molecule has 3 rings (SSSR count). The molecule has 0 bridgehead atoms. The van der Waals surface area contributed by atoms with Gasteiger partial charge >= 0.3 is 0 Å². The van der Waals surface area contributed by atoms with E-state index in [1.165, 1.54) is 16.4 Å². The van der Waals surface area contributed by atoms with Crippen molar-refractivity contribution in [2.45, 2.75) is 24.7 Å². The SMILES string of the molecule is CCS(=O)(=O)N1CCN(CC(=O)Nc2cccc(S(=O)(=O)NC3=NCCC3)c2)CC1. The molecule has 2 N–H and O–H groups in total. The van der Waals surface area contributed by atoms with Crippen LogP contribution in [0.5, 0.6) is 0 Å². The van der Waals surface area contributed by atoms with Crippen LogP contribution in [0.3, 0.4) is 0 Å². The van der Waals surface area contributed by atoms with Crippen LogP contribution in [0.2, 0.25) is 0 Å². The predicted octanol–water partition coefficient (Wildman–Crippen LogP) is 0.0630. The summed E-state index contributed by atoms with van der Waals surface area (Å²) in [6, 6.07) is 6.05. The summed E-state index contributed by atoms with van der Waals surface area (Å²) < 4.78 is 52.8. The lowest BCUT2D eigenvalue weighted by atomic mass is 10.3. The zero-order valence-electron chi connectivity index (χ0n) is 16.9. The maximum atomic E-state index is 12.5. The number of amidine groups is 1. The standard InChI is InChI=1S/C18H27N5O5S2/c1-2-29(25,26)23-11-9-22(10-12-23)14-18(24)20-15-5-3-6-16(13-15)30(27,28)21-17-7-4-8-19-17/h3,5-6,13H,2,4,7-12,14H2,1H3,(H,19,21)(H,20,24). The molecule has 1 fully saturated rings. The summed E-state index contributed by atoms with van der Waals surface area (Å²) in [6.07, 6.45) is 1.43. The number of nitrogens with one attached hydrogen (secondary N) is 2. The van der Waals surface area contributed by atoms with Crippen LogP contribution in [0.15, 0.2) is 34.2 Å². The van der Waals surface area contributed by atoms with Gasteiger partial charge in [0.1, 0.15) is 5.84 Å². The number of anilines is 1. The van der Waals surface area contributed by atoms with Crippen LogP contribution in [-0.4, -0.2) is 82.8 Å². The highest BCUT2D eigenvalue weighted by Crippen LogP contribution is 2.17. The van der Waals surface area contributed by atoms with E-state index in [4.69, 9.17) is 0 Å². The molecule has 1 aromatic rings. The van der Waals surface area contributed by atoms with Gasteiger partial charge in [0.15, 0.2) is 0 Å². The van der Waals surface area contributed by atoms with Crippen molar-refractivity contribution in [1.29, 1.82) is 0 Å². The van der Waals surface area contributed by atoms with Gasteiger partial charge in [-0.2, -0.15) is 4.31 Å². The van der Waals surface area contributed by atoms with E-state index in [-0.39, 0.29) is 23.1 Å². The average Bonchev–Trinajstić information content (AvgIpc) is 3.21. The van der Waals surface area contributed by atoms with Crippen molar-refractivity contribution in [3.8, 4) is 0 Å². The Labute approximate surface area is 177 Å². The molecular weight excluding hydrogens is 430 g/mol. The summed E-state index contributed by atoms with van der Waals surface area (Å²) in [7, 11) is -6.97. The first kappa shape index (κ1) is 22.7. The van der Waals surface area contributed by atoms with Gasteiger partial charge in [-0.1, -0.05) is 6.07 Å². The molecule has 0 spiro atoms. The number of amides is 1. The lowest BCUT2D eigenvalue weighted by Gasteiger charge is -2.33. The first-order valence-electron chi connectivity index (χ1n) is 9.86. The first-order valence-corrected chi connectivity index (χ1v) is 12.9. The Hall–Kier alpha value is -2.02. The second-order valence-corrected chi connectivity index (χ2v) is 11.1. The Morgan fingerprint density at radius 3 is 2.50 bits per heavy atom. The number of carbonyl (C=O) groups excluding carboxylic acids is 1. The first-order chi connectivity index (χ1) is 14.2. The van der Waals surface area contributed by atoms with Crippen LogP contribution >= 0.6 is 0 Å². The van der Waals surface area contributed by atoms with Gasteiger partial charge < -0.3 is 5.32 Å². The van der Waals surface area contributed by atoms with Crippen molar-refractivity contribution >= 4 is 37.5 Å². The van der Waals surface area contributed by atoms with E-state index in [1.54, 1.807) is 19.1 Å². The lowest BCUT2D eigenvalue weighted by Crippen LogP contribution is -2.50. The Bertz CT molecular complexity index is 1020. The molecule has 10 nitrogen and oxygen atoms in total. The van der Waals surface area contributed by atoms with E-state index in [2.05, 4.69) is 15.0 Å². The molecule has 0 aliphatic carbocycles. The van der Waals surface area contributed by atoms with E-state index >= 15 is 0 Å². The van der Waals surface area contributed by atoms with Crippen molar-refractivity contribution in [2.75, 3.05) is 50.3 Å². The topological polar surface area (TPSA) is 128 Å². The van der Waals surface area contributed by atoms with Crippen LogP contribution in [0.1, 0.15) is 19.8 Å². The summed E-state index contributed by atoms with van der Waals surface area (Å²) >= 11 is 0. The van der Waals surface area contributed by atoms with Gasteiger partial charge in [0, 0.05) is 44.8 Å². The van der Waals surface area contributed by atoms with Crippen molar-refractivity contribution in [3.05, 3.63) is 24.3 Å². The van der Waals surface area contributed by atoms with E-state index < -0.39 is 20.0 Å². The predicted molar refractivity (Wildman–Crippen MR) is 114 cm³/mol. The average molecular weight is 458 g/mol. The number of benzene rings is 1. The minimum absolute atomic E-state index is 0.0493. The molecule has 1 saturated heterocycles. The Morgan fingerprint density at radius 1 is 1.13 bits per heavy atom. The minimum atomic E-state index is -3.76. The van der Waals surface area contributed by atoms with Crippen LogP contribution in [0, 0.1) is 0 Å². The Kier molecular flexibility index (Phi) is 7.11. The second-order valence-electron chi connectivity index (χ2n) is 7.19. The van der Waals surface area contributed by atoms with E-state index in [0.29, 0.717) is 50.7 Å². The fourth-order valence-corrected chi connectivity index (χ4v) is 5.55. The molecule has 2 heterocycles. The Morgan fingerprint density at radius 2 is 1.87 bits per heavy atom. The molecule has 1 aromatic carbocycles. The summed E-state index contributed by atoms with van der Waals surface area (Å²) in [4.78, 5) is 18.4. The zero-order valence-corrected chi connectivity index (χ0v) is 18.5. The van der Waals surface area contributed by atoms with Gasteiger partial charge in [-0.3, -0.25) is 19.4 Å². The summed E-state index contributed by atoms with van der Waals surface area (Å²) in [5.41, 5.74) is 0.378. The number of carbonyl (C=O) groups is 1. The quantitative estimate of drug-likeness (QED) is 0.596. The van der Waals surface area contributed by atoms with Crippen LogP contribution in [0.25, 0.3) is 0 Å². The maximum absolute atomic E-state index is 12.5. The molecule has 0 atom stereocenters. The van der Waals surface area contributed by atoms with E-state index in [0.717, 1.165) is 6.42 Å². The lowest BCUT2D eigenvalue weighted by molar-refractivity contribution is -0.117. The largest absolute Gasteiger partial charge is 0.325 e. The highest BCUT2D eigenvalue weighted by Gasteiger charge is 2.26. The van der Waals surface area contributed by atoms with Crippen molar-refractivity contribution in [2.24, 2.45) is 4.99 Å². The molecule has 30 heavy (non-hydrogen) atoms. The molecule has 1 amide bonds. The maximum Gasteiger partial charge on any atom is 0.262 e. The summed E-state index contributed by atoms with van der Waals surface area (Å²) in [6.45, 7) is 3.97. The normalized spacial score (nSPS) is 18.8. The number of nitrogens with zero attached hydrogens (tertiary/aromatic N) is 3. The van der Waals surface area contributed by atoms with Crippen LogP contribution in [-0.2, 0) is 24.8 Å². The monoisotopic (exact) mass is 457 g/mol. The third-order valence-corrected chi connectivity index (χ3v) is 8.27. The molecule has 0 aromatic heterocycles. The number of aliphatic imine (C=N–C) groups is 1. The highest BCUT2D eigenvalue weighted by atomic mass is 32.2. The van der Waals surface area contributed by atoms with Gasteiger partial charge in [-0.15, -0.1) is 0 Å². The second kappa shape index (κ2) is 9.41. The van der Waals surface area contributed by atoms with Crippen LogP contribution in [0.4, 0.5) is 5.69 Å². The molecule has 0 radical (unpaired) electrons. The summed E-state index contributed by atoms with van der Waals surface area (Å²) in [5, 5.41) is 2.71. The van der Waals surface area contributed by atoms with Gasteiger partial charge in [-0.25, -0.2) is 16.8 Å². The van der Waals surface area contributed by atoms with Gasteiger partial charge in [0.2, 0.25) is 15.9 Å². The van der Waals surface area contributed by atoms with Crippen molar-refractivity contribution in [3.63, 3.8) is 0 Å². The minimum Gasteiger partial charge on any atom is -0.325 e. The van der Waals surface area contributed by atoms with E-state index in [1.807, 2.05) is 4.90 Å². The third-order valence-electron chi connectivity index (χ3n) is 5.01. The molecule has 166 valence electrons. The van der Waals surface area contributed by atoms with Gasteiger partial charge in [0.05, 0.1) is 17.2 Å². The van der Waals surface area contributed by atoms with Gasteiger partial charge in [0.25, 0.3) is 10.0 Å². The molecule has 0 saturated carbocycles. The fraction of sp³-hybridized carbons (Fsp3) is 0.556. The molecule has 2 aliphatic heterocycles. The molecule has 2 aliphatic rings. The van der Waals surface area contributed by atoms with Gasteiger partial charge in [-0.05, 0) is 31.5 Å². The fourth-order valence-electron chi connectivity index (χ4n) is 3.33. The molecular formula is C18H27N5O5S2. The Balaban J connectivity index is 1.55. The van der Waals surface area contributed by atoms with Crippen LogP contribution < -0.4 is 10.0 Å². The molecule has 12 heteroatoms. The highest BCUT2D eigenvalue weighted by molar-refractivity contribution is 7.90. The van der Waals surface area contributed by atoms with E-state index in [9.17, 15) is 21.6 Å². The number of hydrogen-bond acceptors (Lipinski definition) is 7. The number of piperazine rings is 1. The smallest absolute Gasteiger partial charge is 0.262 e. The number of hydrogen-bond donors (Lipinski definition) is 2. The van der Waals surface area contributed by atoms with Crippen molar-refractivity contribution < 1.29 is 21.6 Å². The third kappa shape index (κ3) is 5.78. The summed E-state index contributed by atoms with van der Waals surface area (Å²) in [5.74, 6) is 0.229. The molecule has 0 unspecified atom stereocenters. The number of rotatable bonds is 7. The van der Waals surface area contributed by atoms with Crippen molar-refractivity contribution in [1.82, 2.24) is 13.9 Å². The zero-order chi connectivity index (χ0) is 21.8. The number of sulfonamides is 2.